The molecule has 1 aliphatic carbocycles. The number of fused-ring (bicyclic) bond motifs is 2. The minimum Gasteiger partial charge on any atom is -0.408 e. The number of sulfonamides is 1. The fraction of sp³-hybridized carbons (Fsp3) is 0.368. The van der Waals surface area contributed by atoms with Crippen molar-refractivity contribution in [3.63, 3.8) is 0 Å². The average molecular weight is 436 g/mol. The molecule has 3 aromatic rings. The van der Waals surface area contributed by atoms with Crippen molar-refractivity contribution in [3.8, 4) is 0 Å². The minimum absolute atomic E-state index is 0.115. The van der Waals surface area contributed by atoms with E-state index in [9.17, 15) is 18.0 Å². The maximum atomic E-state index is 12.5. The predicted molar refractivity (Wildman–Crippen MR) is 109 cm³/mol. The van der Waals surface area contributed by atoms with E-state index < -0.39 is 21.7 Å². The highest BCUT2D eigenvalue weighted by Crippen LogP contribution is 2.33. The number of rotatable bonds is 5. The summed E-state index contributed by atoms with van der Waals surface area (Å²) in [7, 11) is -2.49. The third kappa shape index (κ3) is 3.75. The van der Waals surface area contributed by atoms with Crippen LogP contribution in [0.4, 0.5) is 0 Å². The molecular weight excluding hydrogens is 414 g/mol. The zero-order valence-corrected chi connectivity index (χ0v) is 17.7. The minimum atomic E-state index is -4.02. The second kappa shape index (κ2) is 7.43. The van der Waals surface area contributed by atoms with Crippen LogP contribution in [0.3, 0.4) is 0 Å². The van der Waals surface area contributed by atoms with Gasteiger partial charge < -0.3 is 4.42 Å². The molecule has 0 radical (unpaired) electrons. The van der Waals surface area contributed by atoms with Crippen molar-refractivity contribution in [2.24, 2.45) is 13.0 Å². The Morgan fingerprint density at radius 1 is 1.34 bits per heavy atom. The van der Waals surface area contributed by atoms with E-state index >= 15 is 0 Å². The van der Waals surface area contributed by atoms with Gasteiger partial charge in [-0.1, -0.05) is 13.3 Å². The molecule has 8 nitrogen and oxygen atoms in total. The van der Waals surface area contributed by atoms with Gasteiger partial charge in [0.2, 0.25) is 0 Å². The van der Waals surface area contributed by atoms with Gasteiger partial charge in [-0.3, -0.25) is 14.8 Å². The van der Waals surface area contributed by atoms with Gasteiger partial charge in [0.25, 0.3) is 15.9 Å². The Balaban J connectivity index is 1.49. The number of aromatic nitrogens is 1. The first kappa shape index (κ1) is 19.9. The second-order valence-corrected chi connectivity index (χ2v) is 10.0. The summed E-state index contributed by atoms with van der Waals surface area (Å²) in [6.07, 6.45) is 4.15. The Morgan fingerprint density at radius 2 is 2.14 bits per heavy atom. The first-order valence-corrected chi connectivity index (χ1v) is 11.6. The number of aryl methyl sites for hydroxylation is 2. The number of thiophene rings is 1. The largest absolute Gasteiger partial charge is 0.419 e. The number of oxazole rings is 1. The molecule has 1 amide bonds. The SMILES string of the molecule is CCC1CCc2sc(C(=O)NNS(=O)(=O)c3ccc4c(c3)oc(=O)n4C)cc2C1. The molecule has 0 spiro atoms. The molecular formula is C19H21N3O5S2. The van der Waals surface area contributed by atoms with Crippen LogP contribution < -0.4 is 16.0 Å². The molecule has 1 aromatic carbocycles. The number of nitrogens with zero attached hydrogens (tertiary/aromatic N) is 1. The number of benzene rings is 1. The number of hydrogen-bond donors (Lipinski definition) is 2. The zero-order chi connectivity index (χ0) is 20.8. The van der Waals surface area contributed by atoms with Gasteiger partial charge in [-0.05, 0) is 48.9 Å². The quantitative estimate of drug-likeness (QED) is 0.598. The van der Waals surface area contributed by atoms with Crippen LogP contribution in [0.25, 0.3) is 11.1 Å². The van der Waals surface area contributed by atoms with Crippen molar-refractivity contribution in [2.45, 2.75) is 37.5 Å². The summed E-state index contributed by atoms with van der Waals surface area (Å²) in [5, 5.41) is 0. The summed E-state index contributed by atoms with van der Waals surface area (Å²) in [4.78, 5) is 27.7. The summed E-state index contributed by atoms with van der Waals surface area (Å²) >= 11 is 1.41. The fourth-order valence-corrected chi connectivity index (χ4v) is 5.53. The molecule has 154 valence electrons. The standard InChI is InChI=1S/C19H21N3O5S2/c1-3-11-4-7-16-12(8-11)9-17(28-16)18(23)20-21-29(25,26)13-5-6-14-15(10-13)27-19(24)22(14)2/h5-6,9-11,21H,3-4,7-8H2,1-2H3,(H,20,23). The lowest BCUT2D eigenvalue weighted by Crippen LogP contribution is -2.41. The Hall–Kier alpha value is -2.43. The van der Waals surface area contributed by atoms with Gasteiger partial charge in [0, 0.05) is 18.0 Å². The molecule has 0 bridgehead atoms. The van der Waals surface area contributed by atoms with Crippen molar-refractivity contribution in [1.29, 1.82) is 0 Å². The number of carbonyl (C=O) groups is 1. The highest BCUT2D eigenvalue weighted by molar-refractivity contribution is 7.89. The number of hydrogen-bond acceptors (Lipinski definition) is 6. The lowest BCUT2D eigenvalue weighted by Gasteiger charge is -2.19. The van der Waals surface area contributed by atoms with Crippen LogP contribution in [0.5, 0.6) is 0 Å². The van der Waals surface area contributed by atoms with Crippen LogP contribution in [0.2, 0.25) is 0 Å². The molecule has 2 heterocycles. The molecule has 0 saturated carbocycles. The topological polar surface area (TPSA) is 110 Å². The van der Waals surface area contributed by atoms with E-state index in [1.54, 1.807) is 0 Å². The van der Waals surface area contributed by atoms with Crippen molar-refractivity contribution >= 4 is 38.4 Å². The van der Waals surface area contributed by atoms with Crippen molar-refractivity contribution in [3.05, 3.63) is 50.1 Å². The first-order valence-electron chi connectivity index (χ1n) is 9.32. The summed E-state index contributed by atoms with van der Waals surface area (Å²) in [6.45, 7) is 2.17. The maximum absolute atomic E-state index is 12.5. The van der Waals surface area contributed by atoms with Crippen LogP contribution >= 0.6 is 11.3 Å². The summed E-state index contributed by atoms with van der Waals surface area (Å²) in [5.41, 5.74) is 4.09. The fourth-order valence-electron chi connectivity index (χ4n) is 3.57. The molecule has 1 atom stereocenters. The average Bonchev–Trinajstić information content (AvgIpc) is 3.26. The van der Waals surface area contributed by atoms with E-state index in [1.807, 2.05) is 6.07 Å². The third-order valence-electron chi connectivity index (χ3n) is 5.36. The summed E-state index contributed by atoms with van der Waals surface area (Å²) in [5.74, 6) is -0.435. The van der Waals surface area contributed by atoms with Gasteiger partial charge in [-0.2, -0.15) is 0 Å². The third-order valence-corrected chi connectivity index (χ3v) is 7.84. The van der Waals surface area contributed by atoms with Crippen molar-refractivity contribution in [2.75, 3.05) is 0 Å². The second-order valence-electron chi connectivity index (χ2n) is 7.19. The normalized spacial score (nSPS) is 16.7. The Kier molecular flexibility index (Phi) is 5.09. The number of amides is 1. The Bertz CT molecular complexity index is 1250. The van der Waals surface area contributed by atoms with E-state index in [1.165, 1.54) is 51.6 Å². The summed E-state index contributed by atoms with van der Waals surface area (Å²) in [6, 6.07) is 5.94. The number of nitrogens with one attached hydrogen (secondary N) is 2. The van der Waals surface area contributed by atoms with Crippen LogP contribution in [0.15, 0.2) is 38.4 Å². The smallest absolute Gasteiger partial charge is 0.408 e. The Labute approximate surface area is 171 Å². The van der Waals surface area contributed by atoms with E-state index in [2.05, 4.69) is 17.2 Å². The van der Waals surface area contributed by atoms with Crippen LogP contribution in [-0.4, -0.2) is 18.9 Å². The molecule has 2 N–H and O–H groups in total. The monoisotopic (exact) mass is 435 g/mol. The molecule has 1 aliphatic rings. The van der Waals surface area contributed by atoms with Crippen LogP contribution in [-0.2, 0) is 29.9 Å². The van der Waals surface area contributed by atoms with Gasteiger partial charge >= 0.3 is 5.76 Å². The molecule has 2 aromatic heterocycles. The van der Waals surface area contributed by atoms with E-state index in [4.69, 9.17) is 4.42 Å². The molecule has 4 rings (SSSR count). The molecule has 0 saturated heterocycles. The lowest BCUT2D eigenvalue weighted by molar-refractivity contribution is 0.0949. The summed E-state index contributed by atoms with van der Waals surface area (Å²) < 4.78 is 31.4. The first-order chi connectivity index (χ1) is 13.8. The number of hydrazine groups is 1. The van der Waals surface area contributed by atoms with Gasteiger partial charge in [-0.25, -0.2) is 13.2 Å². The van der Waals surface area contributed by atoms with Gasteiger partial charge in [0.1, 0.15) is 0 Å². The molecule has 1 unspecified atom stereocenters. The van der Waals surface area contributed by atoms with E-state index in [0.29, 0.717) is 16.3 Å². The Morgan fingerprint density at radius 3 is 2.90 bits per heavy atom. The molecule has 0 aliphatic heterocycles. The van der Waals surface area contributed by atoms with E-state index in [-0.39, 0.29) is 10.5 Å². The lowest BCUT2D eigenvalue weighted by atomic mass is 9.87. The highest BCUT2D eigenvalue weighted by Gasteiger charge is 2.23. The molecule has 10 heteroatoms. The van der Waals surface area contributed by atoms with E-state index in [0.717, 1.165) is 25.7 Å². The van der Waals surface area contributed by atoms with Gasteiger partial charge in [0.05, 0.1) is 15.3 Å². The van der Waals surface area contributed by atoms with Gasteiger partial charge in [0.15, 0.2) is 5.58 Å². The predicted octanol–water partition coefficient (Wildman–Crippen LogP) is 2.33. The van der Waals surface area contributed by atoms with Crippen LogP contribution in [0, 0.1) is 5.92 Å². The number of carbonyl (C=O) groups excluding carboxylic acids is 1. The van der Waals surface area contributed by atoms with Crippen LogP contribution in [0.1, 0.15) is 39.9 Å². The molecule has 0 fully saturated rings. The van der Waals surface area contributed by atoms with Crippen molar-refractivity contribution in [1.82, 2.24) is 14.8 Å². The van der Waals surface area contributed by atoms with Gasteiger partial charge in [-0.15, -0.1) is 16.2 Å². The maximum Gasteiger partial charge on any atom is 0.419 e. The highest BCUT2D eigenvalue weighted by atomic mass is 32.2. The molecule has 29 heavy (non-hydrogen) atoms. The zero-order valence-electron chi connectivity index (χ0n) is 16.0. The van der Waals surface area contributed by atoms with Crippen molar-refractivity contribution < 1.29 is 17.6 Å².